The van der Waals surface area contributed by atoms with Crippen LogP contribution in [-0.4, -0.2) is 14.2 Å². The Bertz CT molecular complexity index is 560. The maximum absolute atomic E-state index is 5.73. The van der Waals surface area contributed by atoms with Crippen molar-refractivity contribution in [1.82, 2.24) is 5.43 Å². The molecule has 2 aromatic carbocycles. The maximum atomic E-state index is 5.73. The van der Waals surface area contributed by atoms with E-state index in [2.05, 4.69) is 36.6 Å². The Labute approximate surface area is 125 Å². The number of aryl methyl sites for hydroxylation is 1. The van der Waals surface area contributed by atoms with E-state index in [1.54, 1.807) is 14.2 Å². The molecule has 0 spiro atoms. The molecule has 1 atom stereocenters. The van der Waals surface area contributed by atoms with E-state index in [9.17, 15) is 0 Å². The SMILES string of the molecule is COc1cc(OC)cc(C(Cc2ccc(C)cc2)NN)c1. The number of nitrogens with two attached hydrogens (primary N) is 1. The molecule has 0 fully saturated rings. The van der Waals surface area contributed by atoms with Crippen molar-refractivity contribution in [2.75, 3.05) is 14.2 Å². The molecule has 0 aliphatic carbocycles. The minimum atomic E-state index is -0.00305. The van der Waals surface area contributed by atoms with Crippen molar-refractivity contribution in [3.8, 4) is 11.5 Å². The fourth-order valence-electron chi connectivity index (χ4n) is 2.26. The van der Waals surface area contributed by atoms with Gasteiger partial charge >= 0.3 is 0 Å². The summed E-state index contributed by atoms with van der Waals surface area (Å²) in [5.74, 6) is 7.25. The Hall–Kier alpha value is -2.04. The summed E-state index contributed by atoms with van der Waals surface area (Å²) in [6, 6.07) is 14.3. The Balaban J connectivity index is 2.25. The summed E-state index contributed by atoms with van der Waals surface area (Å²) >= 11 is 0. The van der Waals surface area contributed by atoms with Crippen LogP contribution in [0.25, 0.3) is 0 Å². The van der Waals surface area contributed by atoms with Gasteiger partial charge in [-0.2, -0.15) is 0 Å². The minimum absolute atomic E-state index is 0.00305. The molecule has 0 aliphatic rings. The summed E-state index contributed by atoms with van der Waals surface area (Å²) in [7, 11) is 3.28. The molecule has 0 amide bonds. The predicted octanol–water partition coefficient (Wildman–Crippen LogP) is 2.76. The zero-order valence-corrected chi connectivity index (χ0v) is 12.7. The first-order chi connectivity index (χ1) is 10.2. The van der Waals surface area contributed by atoms with Gasteiger partial charge in [-0.15, -0.1) is 0 Å². The highest BCUT2D eigenvalue weighted by Crippen LogP contribution is 2.28. The number of rotatable bonds is 6. The Morgan fingerprint density at radius 2 is 1.57 bits per heavy atom. The van der Waals surface area contributed by atoms with Crippen molar-refractivity contribution in [2.24, 2.45) is 5.84 Å². The smallest absolute Gasteiger partial charge is 0.122 e. The third-order valence-electron chi connectivity index (χ3n) is 3.54. The first-order valence-electron chi connectivity index (χ1n) is 6.91. The second-order valence-electron chi connectivity index (χ2n) is 5.05. The normalized spacial score (nSPS) is 12.0. The molecule has 0 heterocycles. The molecule has 1 unspecified atom stereocenters. The standard InChI is InChI=1S/C17H22N2O2/c1-12-4-6-13(7-5-12)8-17(19-18)14-9-15(20-2)11-16(10-14)21-3/h4-7,9-11,17,19H,8,18H2,1-3H3. The summed E-state index contributed by atoms with van der Waals surface area (Å²) in [6.45, 7) is 2.08. The summed E-state index contributed by atoms with van der Waals surface area (Å²) < 4.78 is 10.6. The molecule has 0 radical (unpaired) electrons. The lowest BCUT2D eigenvalue weighted by Gasteiger charge is -2.18. The quantitative estimate of drug-likeness (QED) is 0.633. The van der Waals surface area contributed by atoms with Gasteiger partial charge in [0, 0.05) is 6.07 Å². The van der Waals surface area contributed by atoms with Crippen molar-refractivity contribution >= 4 is 0 Å². The number of hydrogen-bond acceptors (Lipinski definition) is 4. The van der Waals surface area contributed by atoms with E-state index in [-0.39, 0.29) is 6.04 Å². The number of benzene rings is 2. The molecule has 4 heteroatoms. The third-order valence-corrected chi connectivity index (χ3v) is 3.54. The molecule has 3 N–H and O–H groups in total. The van der Waals surface area contributed by atoms with Gasteiger partial charge in [0.1, 0.15) is 11.5 Å². The number of hydrazine groups is 1. The maximum Gasteiger partial charge on any atom is 0.122 e. The Morgan fingerprint density at radius 1 is 1.00 bits per heavy atom. The first-order valence-corrected chi connectivity index (χ1v) is 6.91. The van der Waals surface area contributed by atoms with Crippen LogP contribution >= 0.6 is 0 Å². The van der Waals surface area contributed by atoms with Crippen molar-refractivity contribution in [3.63, 3.8) is 0 Å². The Morgan fingerprint density at radius 3 is 2.05 bits per heavy atom. The van der Waals surface area contributed by atoms with E-state index >= 15 is 0 Å². The predicted molar refractivity (Wildman–Crippen MR) is 84.5 cm³/mol. The molecular formula is C17H22N2O2. The van der Waals surface area contributed by atoms with Gasteiger partial charge in [0.25, 0.3) is 0 Å². The van der Waals surface area contributed by atoms with Gasteiger partial charge in [-0.25, -0.2) is 0 Å². The van der Waals surface area contributed by atoms with Crippen LogP contribution in [0.2, 0.25) is 0 Å². The second-order valence-corrected chi connectivity index (χ2v) is 5.05. The van der Waals surface area contributed by atoms with Crippen molar-refractivity contribution in [2.45, 2.75) is 19.4 Å². The minimum Gasteiger partial charge on any atom is -0.497 e. The summed E-state index contributed by atoms with van der Waals surface area (Å²) in [5.41, 5.74) is 6.39. The van der Waals surface area contributed by atoms with E-state index in [1.807, 2.05) is 18.2 Å². The molecular weight excluding hydrogens is 264 g/mol. The van der Waals surface area contributed by atoms with Gasteiger partial charge in [-0.3, -0.25) is 11.3 Å². The largest absolute Gasteiger partial charge is 0.497 e. The first kappa shape index (κ1) is 15.4. The number of hydrogen-bond donors (Lipinski definition) is 2. The van der Waals surface area contributed by atoms with E-state index in [0.29, 0.717) is 0 Å². The topological polar surface area (TPSA) is 56.5 Å². The lowest BCUT2D eigenvalue weighted by Crippen LogP contribution is -2.29. The molecule has 0 saturated carbocycles. The molecule has 0 aromatic heterocycles. The molecule has 4 nitrogen and oxygen atoms in total. The van der Waals surface area contributed by atoms with Gasteiger partial charge in [0.05, 0.1) is 20.3 Å². The van der Waals surface area contributed by atoms with Crippen LogP contribution in [0.15, 0.2) is 42.5 Å². The summed E-state index contributed by atoms with van der Waals surface area (Å²) in [5, 5.41) is 0. The van der Waals surface area contributed by atoms with Crippen LogP contribution in [0, 0.1) is 6.92 Å². The van der Waals surface area contributed by atoms with E-state index in [4.69, 9.17) is 15.3 Å². The lowest BCUT2D eigenvalue weighted by atomic mass is 9.98. The number of methoxy groups -OCH3 is 2. The van der Waals surface area contributed by atoms with Crippen molar-refractivity contribution < 1.29 is 9.47 Å². The molecule has 21 heavy (non-hydrogen) atoms. The average Bonchev–Trinajstić information content (AvgIpc) is 2.53. The van der Waals surface area contributed by atoms with Crippen molar-refractivity contribution in [3.05, 3.63) is 59.2 Å². The van der Waals surface area contributed by atoms with Gasteiger partial charge in [-0.1, -0.05) is 29.8 Å². The molecule has 2 rings (SSSR count). The van der Waals surface area contributed by atoms with E-state index < -0.39 is 0 Å². The summed E-state index contributed by atoms with van der Waals surface area (Å²) in [6.07, 6.45) is 0.799. The van der Waals surface area contributed by atoms with Gasteiger partial charge in [-0.05, 0) is 36.6 Å². The number of nitrogens with one attached hydrogen (secondary N) is 1. The third kappa shape index (κ3) is 3.97. The van der Waals surface area contributed by atoms with Crippen LogP contribution in [0.4, 0.5) is 0 Å². The fraction of sp³-hybridized carbons (Fsp3) is 0.294. The zero-order chi connectivity index (χ0) is 15.2. The fourth-order valence-corrected chi connectivity index (χ4v) is 2.26. The monoisotopic (exact) mass is 286 g/mol. The Kier molecular flexibility index (Phi) is 5.20. The highest BCUT2D eigenvalue weighted by molar-refractivity contribution is 5.40. The molecule has 0 bridgehead atoms. The highest BCUT2D eigenvalue weighted by Gasteiger charge is 2.13. The van der Waals surface area contributed by atoms with Crippen LogP contribution in [0.5, 0.6) is 11.5 Å². The average molecular weight is 286 g/mol. The van der Waals surface area contributed by atoms with Gasteiger partial charge in [0.15, 0.2) is 0 Å². The molecule has 2 aromatic rings. The van der Waals surface area contributed by atoms with Crippen molar-refractivity contribution in [1.29, 1.82) is 0 Å². The van der Waals surface area contributed by atoms with E-state index in [0.717, 1.165) is 23.5 Å². The number of ether oxygens (including phenoxy) is 2. The lowest BCUT2D eigenvalue weighted by molar-refractivity contribution is 0.391. The molecule has 112 valence electrons. The van der Waals surface area contributed by atoms with Gasteiger partial charge < -0.3 is 9.47 Å². The van der Waals surface area contributed by atoms with Crippen LogP contribution in [0.3, 0.4) is 0 Å². The molecule has 0 aliphatic heterocycles. The van der Waals surface area contributed by atoms with Gasteiger partial charge in [0.2, 0.25) is 0 Å². The van der Waals surface area contributed by atoms with Crippen LogP contribution in [-0.2, 0) is 6.42 Å². The zero-order valence-electron chi connectivity index (χ0n) is 12.7. The van der Waals surface area contributed by atoms with Crippen LogP contribution in [0.1, 0.15) is 22.7 Å². The highest BCUT2D eigenvalue weighted by atomic mass is 16.5. The molecule has 0 saturated heterocycles. The second kappa shape index (κ2) is 7.11. The summed E-state index contributed by atoms with van der Waals surface area (Å²) in [4.78, 5) is 0. The van der Waals surface area contributed by atoms with Crippen LogP contribution < -0.4 is 20.7 Å². The van der Waals surface area contributed by atoms with E-state index in [1.165, 1.54) is 11.1 Å².